The molecule has 0 aromatic heterocycles. The van der Waals surface area contributed by atoms with E-state index in [-0.39, 0.29) is 37.7 Å². The van der Waals surface area contributed by atoms with Crippen LogP contribution in [0.15, 0.2) is 46.2 Å². The van der Waals surface area contributed by atoms with Gasteiger partial charge in [-0.2, -0.15) is 16.8 Å². The monoisotopic (exact) mass is 532 g/mol. The van der Waals surface area contributed by atoms with Gasteiger partial charge >= 0.3 is 23.9 Å². The number of benzene rings is 2. The summed E-state index contributed by atoms with van der Waals surface area (Å²) in [7, 11) is -9.28. The van der Waals surface area contributed by atoms with Crippen molar-refractivity contribution in [3.63, 3.8) is 0 Å². The Kier molecular flexibility index (Phi) is 10.6. The number of carboxylic acids is 4. The van der Waals surface area contributed by atoms with Crippen molar-refractivity contribution in [2.75, 3.05) is 0 Å². The molecule has 0 unspecified atom stereocenters. The molecule has 2 rings (SSSR count). The summed E-state index contributed by atoms with van der Waals surface area (Å²) in [5.74, 6) is -5.97. The molecule has 0 bridgehead atoms. The molecule has 0 aliphatic heterocycles. The van der Waals surface area contributed by atoms with Gasteiger partial charge in [0, 0.05) is 37.7 Å². The van der Waals surface area contributed by atoms with E-state index in [1.807, 2.05) is 0 Å². The topological polar surface area (TPSA) is 258 Å². The molecule has 0 aliphatic carbocycles. The first kappa shape index (κ1) is 30.4. The van der Waals surface area contributed by atoms with Crippen molar-refractivity contribution in [3.8, 4) is 0 Å². The van der Waals surface area contributed by atoms with Gasteiger partial charge in [0.1, 0.15) is 0 Å². The van der Waals surface area contributed by atoms with E-state index >= 15 is 0 Å². The van der Waals surface area contributed by atoms with Gasteiger partial charge in [-0.1, -0.05) is 0 Å². The van der Waals surface area contributed by atoms with Crippen LogP contribution in [0.4, 0.5) is 0 Å². The molecule has 0 heterocycles. The number of hydrogen-bond acceptors (Lipinski definition) is 8. The summed E-state index contributed by atoms with van der Waals surface area (Å²) in [6, 6.07) is 4.27. The smallest absolute Gasteiger partial charge is 0.335 e. The van der Waals surface area contributed by atoms with Gasteiger partial charge in [-0.05, 0) is 36.4 Å². The van der Waals surface area contributed by atoms with Gasteiger partial charge in [0.05, 0.1) is 32.0 Å². The summed E-state index contributed by atoms with van der Waals surface area (Å²) in [6.07, 6.45) is 0. The zero-order valence-electron chi connectivity index (χ0n) is 15.9. The average Bonchev–Trinajstić information content (AvgIpc) is 2.66. The number of carboxylic acid groups (broad SMARTS) is 4. The Morgan fingerprint density at radius 1 is 0.485 bits per heavy atom. The third-order valence-corrected chi connectivity index (χ3v) is 5.06. The standard InChI is InChI=1S/2C8H6O7S.Ca/c2*9-7(10)4-1-5(8(11)12)3-6(2-4)16(13,14)15;/h2*1-3H,(H,9,10)(H,11,12)(H,13,14,15);. The van der Waals surface area contributed by atoms with E-state index in [2.05, 4.69) is 0 Å². The summed E-state index contributed by atoms with van der Waals surface area (Å²) >= 11 is 0. The molecule has 6 N–H and O–H groups in total. The summed E-state index contributed by atoms with van der Waals surface area (Å²) < 4.78 is 60.4. The van der Waals surface area contributed by atoms with E-state index in [1.165, 1.54) is 0 Å². The Hall–Kier alpha value is -2.60. The van der Waals surface area contributed by atoms with Crippen LogP contribution >= 0.6 is 0 Å². The zero-order valence-corrected chi connectivity index (χ0v) is 19.8. The predicted octanol–water partition coefficient (Wildman–Crippen LogP) is 0.279. The second-order valence-corrected chi connectivity index (χ2v) is 8.51. The SMILES string of the molecule is O=C(O)c1cc(C(=O)O)cc(S(=O)(=O)O)c1.O=C(O)c1cc(C(=O)O)cc(S(=O)(=O)O)c1.[Ca]. The Morgan fingerprint density at radius 3 is 0.788 bits per heavy atom. The van der Waals surface area contributed by atoms with Crippen LogP contribution in [0.5, 0.6) is 0 Å². The maximum Gasteiger partial charge on any atom is 0.335 e. The fourth-order valence-electron chi connectivity index (χ4n) is 1.99. The zero-order chi connectivity index (χ0) is 25.0. The molecule has 14 nitrogen and oxygen atoms in total. The van der Waals surface area contributed by atoms with Gasteiger partial charge in [-0.3, -0.25) is 9.11 Å². The molecule has 0 aliphatic rings. The molecule has 33 heavy (non-hydrogen) atoms. The fourth-order valence-corrected chi connectivity index (χ4v) is 3.09. The molecule has 0 saturated carbocycles. The Balaban J connectivity index is 0.000000602. The molecule has 2 aromatic carbocycles. The summed E-state index contributed by atoms with van der Waals surface area (Å²) in [5.41, 5.74) is -2.14. The summed E-state index contributed by atoms with van der Waals surface area (Å²) in [6.45, 7) is 0. The molecular weight excluding hydrogens is 520 g/mol. The second kappa shape index (κ2) is 11.5. The quantitative estimate of drug-likeness (QED) is 0.216. The van der Waals surface area contributed by atoms with Crippen LogP contribution < -0.4 is 0 Å². The van der Waals surface area contributed by atoms with Gasteiger partial charge in [0.15, 0.2) is 0 Å². The van der Waals surface area contributed by atoms with E-state index in [0.717, 1.165) is 12.1 Å². The number of aromatic carboxylic acids is 4. The van der Waals surface area contributed by atoms with Gasteiger partial charge in [-0.15, -0.1) is 0 Å². The third-order valence-electron chi connectivity index (χ3n) is 3.40. The van der Waals surface area contributed by atoms with Crippen LogP contribution in [0.2, 0.25) is 0 Å². The van der Waals surface area contributed by atoms with Crippen molar-refractivity contribution in [1.29, 1.82) is 0 Å². The molecule has 2 aromatic rings. The van der Waals surface area contributed by atoms with Crippen molar-refractivity contribution < 1.29 is 65.5 Å². The Bertz CT molecular complexity index is 1160. The van der Waals surface area contributed by atoms with Crippen molar-refractivity contribution in [2.45, 2.75) is 9.79 Å². The normalized spacial score (nSPS) is 10.7. The van der Waals surface area contributed by atoms with Gasteiger partial charge in [0.25, 0.3) is 20.2 Å². The molecule has 0 saturated heterocycles. The van der Waals surface area contributed by atoms with Crippen molar-refractivity contribution >= 4 is 81.9 Å². The molecule has 0 fully saturated rings. The first-order chi connectivity index (χ1) is 14.4. The molecule has 17 heteroatoms. The molecule has 0 atom stereocenters. The van der Waals surface area contributed by atoms with Crippen molar-refractivity contribution in [2.24, 2.45) is 0 Å². The number of carbonyl (C=O) groups is 4. The van der Waals surface area contributed by atoms with Gasteiger partial charge in [-0.25, -0.2) is 19.2 Å². The second-order valence-electron chi connectivity index (χ2n) is 5.66. The van der Waals surface area contributed by atoms with E-state index in [4.69, 9.17) is 29.5 Å². The van der Waals surface area contributed by atoms with Crippen LogP contribution in [-0.4, -0.2) is 108 Å². The van der Waals surface area contributed by atoms with Crippen LogP contribution in [0.25, 0.3) is 0 Å². The molecule has 2 radical (unpaired) electrons. The first-order valence-corrected chi connectivity index (χ1v) is 10.5. The minimum absolute atomic E-state index is 0. The average molecular weight is 532 g/mol. The molecule has 0 amide bonds. The summed E-state index contributed by atoms with van der Waals surface area (Å²) in [4.78, 5) is 40.8. The first-order valence-electron chi connectivity index (χ1n) is 7.62. The maximum absolute atomic E-state index is 10.8. The largest absolute Gasteiger partial charge is 0.478 e. The van der Waals surface area contributed by atoms with Crippen molar-refractivity contribution in [3.05, 3.63) is 58.7 Å². The predicted molar refractivity (Wildman–Crippen MR) is 106 cm³/mol. The third kappa shape index (κ3) is 9.04. The Morgan fingerprint density at radius 2 is 0.667 bits per heavy atom. The number of hydrogen-bond donors (Lipinski definition) is 6. The fraction of sp³-hybridized carbons (Fsp3) is 0. The maximum atomic E-state index is 10.8. The minimum Gasteiger partial charge on any atom is -0.478 e. The molecule has 174 valence electrons. The van der Waals surface area contributed by atoms with Crippen LogP contribution in [0, 0.1) is 0 Å². The van der Waals surface area contributed by atoms with E-state index in [9.17, 15) is 36.0 Å². The van der Waals surface area contributed by atoms with E-state index in [0.29, 0.717) is 24.3 Å². The van der Waals surface area contributed by atoms with E-state index in [1.54, 1.807) is 0 Å². The van der Waals surface area contributed by atoms with Crippen LogP contribution in [-0.2, 0) is 20.2 Å². The molecular formula is C16H12CaO14S2. The van der Waals surface area contributed by atoms with Crippen molar-refractivity contribution in [1.82, 2.24) is 0 Å². The van der Waals surface area contributed by atoms with Crippen LogP contribution in [0.1, 0.15) is 41.4 Å². The van der Waals surface area contributed by atoms with Gasteiger partial charge in [0.2, 0.25) is 0 Å². The molecule has 0 spiro atoms. The minimum atomic E-state index is -4.64. The van der Waals surface area contributed by atoms with Crippen LogP contribution in [0.3, 0.4) is 0 Å². The summed E-state index contributed by atoms with van der Waals surface area (Å²) in [5, 5.41) is 34.4. The Labute approximate surface area is 214 Å². The number of rotatable bonds is 6. The van der Waals surface area contributed by atoms with Gasteiger partial charge < -0.3 is 20.4 Å². The van der Waals surface area contributed by atoms with E-state index < -0.39 is 76.2 Å².